The molecule has 0 unspecified atom stereocenters. The molecule has 0 bridgehead atoms. The number of nitriles is 2. The van der Waals surface area contributed by atoms with E-state index in [1.165, 1.54) is 0 Å². The molecule has 3 saturated heterocycles. The fraction of sp³-hybridized carbons (Fsp3) is 0.474. The molecule has 0 radical (unpaired) electrons. The molecule has 24 heteroatoms. The van der Waals surface area contributed by atoms with Crippen LogP contribution in [0.25, 0.3) is 43.6 Å². The lowest BCUT2D eigenvalue weighted by Crippen LogP contribution is -2.41. The third kappa shape index (κ3) is 12.6. The molecule has 2 saturated carbocycles. The average molecular weight is 1150 g/mol. The molecule has 0 spiro atoms. The molecule has 0 atom stereocenters. The second kappa shape index (κ2) is 23.4. The fourth-order valence-electron chi connectivity index (χ4n) is 10.2. The first kappa shape index (κ1) is 57.7. The summed E-state index contributed by atoms with van der Waals surface area (Å²) < 4.78 is 26.2. The van der Waals surface area contributed by atoms with E-state index in [-0.39, 0.29) is 24.7 Å². The normalized spacial score (nSPS) is 23.1. The third-order valence-electron chi connectivity index (χ3n) is 16.0. The zero-order valence-corrected chi connectivity index (χ0v) is 47.8. The molecule has 0 aromatic carbocycles. The first-order valence-electron chi connectivity index (χ1n) is 26.9. The molecular formula is C57H66BClN14O6S2. The molecular weight excluding hydrogens is 1090 g/mol. The zero-order chi connectivity index (χ0) is 56.0. The van der Waals surface area contributed by atoms with Crippen molar-refractivity contribution in [2.45, 2.75) is 147 Å². The van der Waals surface area contributed by atoms with Crippen LogP contribution in [-0.2, 0) is 18.8 Å². The first-order chi connectivity index (χ1) is 38.3. The Morgan fingerprint density at radius 3 is 1.59 bits per heavy atom. The summed E-state index contributed by atoms with van der Waals surface area (Å²) in [6, 6.07) is 19.9. The molecule has 11 heterocycles. The van der Waals surface area contributed by atoms with Gasteiger partial charge in [-0.1, -0.05) is 41.7 Å². The van der Waals surface area contributed by atoms with Crippen molar-refractivity contribution in [3.8, 4) is 44.7 Å². The number of fused-ring (bicyclic) bond motifs is 2. The predicted octanol–water partition coefficient (Wildman–Crippen LogP) is 9.62. The molecule has 20 nitrogen and oxygen atoms in total. The van der Waals surface area contributed by atoms with E-state index in [1.807, 2.05) is 90.2 Å². The smallest absolute Gasteiger partial charge is 0.398 e. The maximum absolute atomic E-state index is 10.3. The lowest BCUT2D eigenvalue weighted by Gasteiger charge is -2.32. The quantitative estimate of drug-likeness (QED) is 0.0733. The Bertz CT molecular complexity index is 3600. The van der Waals surface area contributed by atoms with Crippen molar-refractivity contribution < 1.29 is 29.0 Å². The Balaban J connectivity index is 0.000000142. The molecule has 2 aliphatic carbocycles. The minimum Gasteiger partial charge on any atom is -0.398 e. The molecule has 81 heavy (non-hydrogen) atoms. The Labute approximate surface area is 484 Å². The largest absolute Gasteiger partial charge is 0.514 e. The van der Waals surface area contributed by atoms with Crippen molar-refractivity contribution in [1.29, 1.82) is 10.5 Å². The van der Waals surface area contributed by atoms with Gasteiger partial charge in [0.05, 0.1) is 124 Å². The van der Waals surface area contributed by atoms with Crippen LogP contribution in [0, 0.1) is 22.7 Å². The summed E-state index contributed by atoms with van der Waals surface area (Å²) in [5, 5.41) is 76.2. The molecule has 4 N–H and O–H groups in total. The van der Waals surface area contributed by atoms with Crippen LogP contribution in [0.4, 0.5) is 11.4 Å². The van der Waals surface area contributed by atoms with Crippen molar-refractivity contribution in [1.82, 2.24) is 49.6 Å². The number of hydrogen-bond donors (Lipinski definition) is 4. The molecule has 13 rings (SSSR count). The summed E-state index contributed by atoms with van der Waals surface area (Å²) in [4.78, 5) is 8.96. The van der Waals surface area contributed by atoms with Crippen LogP contribution in [0.15, 0.2) is 73.3 Å². The minimum absolute atomic E-state index is 0. The van der Waals surface area contributed by atoms with Gasteiger partial charge in [0.1, 0.15) is 27.3 Å². The van der Waals surface area contributed by atoms with Gasteiger partial charge in [-0.2, -0.15) is 20.7 Å². The Morgan fingerprint density at radius 1 is 0.630 bits per heavy atom. The van der Waals surface area contributed by atoms with E-state index in [2.05, 4.69) is 58.3 Å². The number of pyridine rings is 2. The van der Waals surface area contributed by atoms with Gasteiger partial charge in [-0.15, -0.1) is 20.4 Å². The van der Waals surface area contributed by atoms with E-state index in [4.69, 9.17) is 45.9 Å². The lowest BCUT2D eigenvalue weighted by atomic mass is 9.80. The first-order valence-corrected chi connectivity index (χ1v) is 28.9. The van der Waals surface area contributed by atoms with Crippen molar-refractivity contribution in [3.63, 3.8) is 0 Å². The highest BCUT2D eigenvalue weighted by Crippen LogP contribution is 2.44. The minimum atomic E-state index is -0.570. The number of anilines is 2. The van der Waals surface area contributed by atoms with Crippen LogP contribution in [0.2, 0.25) is 5.15 Å². The molecule has 8 aromatic heterocycles. The van der Waals surface area contributed by atoms with Crippen LogP contribution >= 0.6 is 34.3 Å². The van der Waals surface area contributed by atoms with Crippen LogP contribution < -0.4 is 16.2 Å². The average Bonchev–Trinajstić information content (AvgIpc) is 4.40. The monoisotopic (exact) mass is 1150 g/mol. The number of ether oxygens (including phenoxy) is 2. The van der Waals surface area contributed by atoms with Gasteiger partial charge in [0, 0.05) is 35.6 Å². The Kier molecular flexibility index (Phi) is 16.7. The van der Waals surface area contributed by atoms with E-state index in [9.17, 15) is 10.2 Å². The second-order valence-electron chi connectivity index (χ2n) is 22.8. The second-order valence-corrected chi connectivity index (χ2v) is 25.2. The number of halogens is 1. The van der Waals surface area contributed by atoms with Gasteiger partial charge in [-0.3, -0.25) is 4.98 Å². The van der Waals surface area contributed by atoms with Crippen molar-refractivity contribution in [2.75, 3.05) is 37.1 Å². The van der Waals surface area contributed by atoms with Gasteiger partial charge in [-0.25, -0.2) is 14.0 Å². The van der Waals surface area contributed by atoms with Crippen LogP contribution in [0.5, 0.6) is 0 Å². The third-order valence-corrected chi connectivity index (χ3v) is 18.4. The van der Waals surface area contributed by atoms with Gasteiger partial charge in [0.2, 0.25) is 0 Å². The van der Waals surface area contributed by atoms with Gasteiger partial charge in [0.15, 0.2) is 10.0 Å². The maximum atomic E-state index is 10.3. The maximum Gasteiger partial charge on any atom is 0.514 e. The van der Waals surface area contributed by atoms with E-state index in [1.54, 1.807) is 56.4 Å². The Morgan fingerprint density at radius 2 is 1.10 bits per heavy atom. The van der Waals surface area contributed by atoms with E-state index < -0.39 is 18.3 Å². The van der Waals surface area contributed by atoms with Crippen LogP contribution in [0.1, 0.15) is 133 Å². The van der Waals surface area contributed by atoms with Crippen molar-refractivity contribution in [3.05, 3.63) is 99.6 Å². The number of nitrogens with zero attached hydrogens (tertiary/aromatic N) is 12. The van der Waals surface area contributed by atoms with Gasteiger partial charge in [-0.05, 0) is 141 Å². The topological polar surface area (TPSA) is 261 Å². The molecule has 8 aromatic rings. The fourth-order valence-corrected chi connectivity index (χ4v) is 12.4. The zero-order valence-electron chi connectivity index (χ0n) is 45.4. The van der Waals surface area contributed by atoms with Crippen molar-refractivity contribution in [2.24, 2.45) is 0 Å². The number of aromatic nitrogens is 10. The number of rotatable bonds is 10. The summed E-state index contributed by atoms with van der Waals surface area (Å²) in [5.41, 5.74) is 7.02. The summed E-state index contributed by atoms with van der Waals surface area (Å²) in [6.45, 7) is 14.6. The van der Waals surface area contributed by atoms with Crippen LogP contribution in [-0.4, -0.2) is 128 Å². The molecule has 5 aliphatic rings. The summed E-state index contributed by atoms with van der Waals surface area (Å²) in [6.07, 6.45) is 13.6. The molecule has 0 amide bonds. The number of nitrogens with one attached hydrogen (secondary N) is 2. The van der Waals surface area contributed by atoms with Gasteiger partial charge >= 0.3 is 7.12 Å². The number of hydrogen-bond acceptors (Lipinski definition) is 20. The molecule has 3 aliphatic heterocycles. The SMILES string of the molecule is C.CC1(C)OB(c2ccc3cc(C#N)cnn23)OC1(C)C.CC1(O)CCC(c2nnc(-c3cnc(-c4ccc5cc(C#N)cnn45)cc3NC3COC3)s2)CC1.CC1(O)CCC(c2nnc(-c3cnc(Cl)cc3NC3COC3)s2)CC1. The van der Waals surface area contributed by atoms with Crippen LogP contribution in [0.3, 0.4) is 0 Å². The highest BCUT2D eigenvalue weighted by Gasteiger charge is 2.52. The van der Waals surface area contributed by atoms with E-state index in [0.29, 0.717) is 60.6 Å². The lowest BCUT2D eigenvalue weighted by molar-refractivity contribution is 0.00578. The summed E-state index contributed by atoms with van der Waals surface area (Å²) in [7, 11) is -0.456. The molecule has 422 valence electrons. The number of aliphatic hydroxyl groups is 2. The van der Waals surface area contributed by atoms with E-state index in [0.717, 1.165) is 122 Å². The molecule has 5 fully saturated rings. The van der Waals surface area contributed by atoms with Crippen molar-refractivity contribution >= 4 is 69.4 Å². The Hall–Kier alpha value is -6.51. The summed E-state index contributed by atoms with van der Waals surface area (Å²) >= 11 is 9.28. The predicted molar refractivity (Wildman–Crippen MR) is 313 cm³/mol. The van der Waals surface area contributed by atoms with Gasteiger partial charge < -0.3 is 39.6 Å². The van der Waals surface area contributed by atoms with E-state index >= 15 is 0 Å². The standard InChI is InChI=1S/C25H25N7O2S.C17H21ClN4O2S.C14H16BN3O2.CH4/c1-25(33)6-4-16(5-7-25)23-30-31-24(35-23)19-12-27-21(9-20(19)29-17-13-34-14-17)22-3-2-18-8-15(10-26)11-28-32(18)22;1-17(23)4-2-10(3-5-17)15-21-22-16(25-15)12-7-19-14(18)6-13(12)20-11-8-24-9-11;1-13(2)14(3,4)20-15(19-13)12-6-5-11-7-10(8-16)9-17-18(11)12;/h2-3,8-9,11-12,16-17,33H,4-7,13-14H2,1H3,(H,27,29);6-7,10-11,23H,2-5,8-9H2,1H3,(H,19,20);5-7,9H,1-4H3;1H4. The van der Waals surface area contributed by atoms with Gasteiger partial charge in [0.25, 0.3) is 0 Å². The highest BCUT2D eigenvalue weighted by atomic mass is 35.5. The highest BCUT2D eigenvalue weighted by molar-refractivity contribution is 7.15. The summed E-state index contributed by atoms with van der Waals surface area (Å²) in [5.74, 6) is 0.713.